The van der Waals surface area contributed by atoms with Crippen molar-refractivity contribution in [2.75, 3.05) is 20.3 Å². The third kappa shape index (κ3) is 6.86. The maximum atomic E-state index is 10.9. The van der Waals surface area contributed by atoms with Crippen molar-refractivity contribution in [2.45, 2.75) is 38.6 Å². The van der Waals surface area contributed by atoms with E-state index < -0.39 is 12.0 Å². The van der Waals surface area contributed by atoms with Gasteiger partial charge >= 0.3 is 5.97 Å². The van der Waals surface area contributed by atoms with Gasteiger partial charge in [-0.2, -0.15) is 0 Å². The lowest BCUT2D eigenvalue weighted by Gasteiger charge is -2.09. The Morgan fingerprint density at radius 1 is 1.36 bits per heavy atom. The Labute approximate surface area is 85.8 Å². The van der Waals surface area contributed by atoms with E-state index in [1.54, 1.807) is 0 Å². The van der Waals surface area contributed by atoms with Gasteiger partial charge in [-0.3, -0.25) is 4.79 Å². The fourth-order valence-corrected chi connectivity index (χ4v) is 1.06. The number of carbonyl (C=O) groups excluding carboxylic acids is 1. The summed E-state index contributed by atoms with van der Waals surface area (Å²) in [5, 5.41) is 0. The Balaban J connectivity index is 3.23. The van der Waals surface area contributed by atoms with Gasteiger partial charge < -0.3 is 15.2 Å². The van der Waals surface area contributed by atoms with Gasteiger partial charge in [0.15, 0.2) is 0 Å². The molecule has 0 saturated heterocycles. The summed E-state index contributed by atoms with van der Waals surface area (Å²) in [6.45, 7) is 3.08. The van der Waals surface area contributed by atoms with Crippen LogP contribution in [0.15, 0.2) is 0 Å². The molecule has 0 aliphatic heterocycles. The van der Waals surface area contributed by atoms with E-state index in [4.69, 9.17) is 10.5 Å². The van der Waals surface area contributed by atoms with E-state index in [-0.39, 0.29) is 6.61 Å². The molecule has 14 heavy (non-hydrogen) atoms. The van der Waals surface area contributed by atoms with E-state index in [9.17, 15) is 4.79 Å². The van der Waals surface area contributed by atoms with Crippen LogP contribution in [0, 0.1) is 0 Å². The van der Waals surface area contributed by atoms with E-state index in [2.05, 4.69) is 11.7 Å². The first kappa shape index (κ1) is 13.4. The molecule has 4 nitrogen and oxygen atoms in total. The molecular weight excluding hydrogens is 182 g/mol. The Morgan fingerprint density at radius 2 is 2.07 bits per heavy atom. The van der Waals surface area contributed by atoms with Crippen LogP contribution in [0.1, 0.15) is 32.6 Å². The monoisotopic (exact) mass is 203 g/mol. The van der Waals surface area contributed by atoms with Crippen molar-refractivity contribution in [3.8, 4) is 0 Å². The molecule has 84 valence electrons. The van der Waals surface area contributed by atoms with Gasteiger partial charge in [0.05, 0.1) is 13.7 Å². The molecule has 0 saturated carbocycles. The molecule has 0 aromatic carbocycles. The lowest BCUT2D eigenvalue weighted by molar-refractivity contribution is -0.143. The minimum Gasteiger partial charge on any atom is -0.468 e. The van der Waals surface area contributed by atoms with Gasteiger partial charge in [-0.15, -0.1) is 0 Å². The number of unbranched alkanes of at least 4 members (excludes halogenated alkanes) is 3. The van der Waals surface area contributed by atoms with Gasteiger partial charge in [0.1, 0.15) is 6.04 Å². The van der Waals surface area contributed by atoms with Crippen molar-refractivity contribution >= 4 is 5.97 Å². The van der Waals surface area contributed by atoms with E-state index in [0.717, 1.165) is 6.42 Å². The number of ether oxygens (including phenoxy) is 2. The van der Waals surface area contributed by atoms with Gasteiger partial charge in [0.25, 0.3) is 0 Å². The zero-order valence-electron chi connectivity index (χ0n) is 9.12. The van der Waals surface area contributed by atoms with E-state index >= 15 is 0 Å². The van der Waals surface area contributed by atoms with Crippen molar-refractivity contribution in [1.29, 1.82) is 0 Å². The van der Waals surface area contributed by atoms with Crippen LogP contribution >= 0.6 is 0 Å². The van der Waals surface area contributed by atoms with Gasteiger partial charge in [0, 0.05) is 6.61 Å². The molecule has 0 bridgehead atoms. The van der Waals surface area contributed by atoms with Gasteiger partial charge in [-0.05, 0) is 6.42 Å². The van der Waals surface area contributed by atoms with Crippen LogP contribution in [0.25, 0.3) is 0 Å². The average Bonchev–Trinajstić information content (AvgIpc) is 2.21. The molecule has 0 aromatic rings. The van der Waals surface area contributed by atoms with Crippen molar-refractivity contribution in [2.24, 2.45) is 5.73 Å². The van der Waals surface area contributed by atoms with E-state index in [1.807, 2.05) is 0 Å². The lowest BCUT2D eigenvalue weighted by Crippen LogP contribution is -2.36. The number of rotatable bonds is 8. The average molecular weight is 203 g/mol. The van der Waals surface area contributed by atoms with Gasteiger partial charge in [-0.1, -0.05) is 26.2 Å². The van der Waals surface area contributed by atoms with Crippen LogP contribution in [-0.4, -0.2) is 32.3 Å². The normalized spacial score (nSPS) is 12.5. The SMILES string of the molecule is CCCCCCOCC(N)C(=O)OC. The highest BCUT2D eigenvalue weighted by Crippen LogP contribution is 1.99. The van der Waals surface area contributed by atoms with Crippen LogP contribution in [0.2, 0.25) is 0 Å². The largest absolute Gasteiger partial charge is 0.468 e. The summed E-state index contributed by atoms with van der Waals surface area (Å²) in [7, 11) is 1.32. The van der Waals surface area contributed by atoms with E-state index in [0.29, 0.717) is 6.61 Å². The Morgan fingerprint density at radius 3 is 2.64 bits per heavy atom. The smallest absolute Gasteiger partial charge is 0.325 e. The molecule has 0 aromatic heterocycles. The Hall–Kier alpha value is -0.610. The molecule has 0 heterocycles. The second-order valence-corrected chi connectivity index (χ2v) is 3.27. The highest BCUT2D eigenvalue weighted by molar-refractivity contribution is 5.75. The van der Waals surface area contributed by atoms with Crippen LogP contribution in [-0.2, 0) is 14.3 Å². The summed E-state index contributed by atoms with van der Waals surface area (Å²) in [5.74, 6) is -0.418. The van der Waals surface area contributed by atoms with Crippen molar-refractivity contribution in [3.63, 3.8) is 0 Å². The van der Waals surface area contributed by atoms with Crippen LogP contribution in [0.5, 0.6) is 0 Å². The minimum atomic E-state index is -0.647. The van der Waals surface area contributed by atoms with Crippen LogP contribution < -0.4 is 5.73 Å². The second-order valence-electron chi connectivity index (χ2n) is 3.27. The molecule has 4 heteroatoms. The summed E-state index contributed by atoms with van der Waals surface area (Å²) in [4.78, 5) is 10.9. The first-order chi connectivity index (χ1) is 6.72. The predicted octanol–water partition coefficient (Wildman–Crippen LogP) is 1.08. The number of hydrogen-bond acceptors (Lipinski definition) is 4. The van der Waals surface area contributed by atoms with E-state index in [1.165, 1.54) is 26.4 Å². The maximum absolute atomic E-state index is 10.9. The fourth-order valence-electron chi connectivity index (χ4n) is 1.06. The first-order valence-corrected chi connectivity index (χ1v) is 5.13. The molecule has 0 rings (SSSR count). The third-order valence-corrected chi connectivity index (χ3v) is 1.94. The highest BCUT2D eigenvalue weighted by atomic mass is 16.5. The van der Waals surface area contributed by atoms with Crippen LogP contribution in [0.3, 0.4) is 0 Å². The molecule has 0 aliphatic rings. The number of esters is 1. The predicted molar refractivity (Wildman–Crippen MR) is 55.0 cm³/mol. The standard InChI is InChI=1S/C10H21NO3/c1-3-4-5-6-7-14-8-9(11)10(12)13-2/h9H,3-8,11H2,1-2H3. The van der Waals surface area contributed by atoms with Gasteiger partial charge in [-0.25, -0.2) is 0 Å². The topological polar surface area (TPSA) is 61.5 Å². The summed E-state index contributed by atoms with van der Waals surface area (Å²) in [6, 6.07) is -0.647. The molecule has 0 fully saturated rings. The molecule has 1 unspecified atom stereocenters. The Kier molecular flexibility index (Phi) is 8.57. The third-order valence-electron chi connectivity index (χ3n) is 1.94. The highest BCUT2D eigenvalue weighted by Gasteiger charge is 2.12. The number of nitrogens with two attached hydrogens (primary N) is 1. The molecule has 0 amide bonds. The number of hydrogen-bond donors (Lipinski definition) is 1. The van der Waals surface area contributed by atoms with Gasteiger partial charge in [0.2, 0.25) is 0 Å². The fraction of sp³-hybridized carbons (Fsp3) is 0.900. The number of carbonyl (C=O) groups is 1. The summed E-state index contributed by atoms with van der Waals surface area (Å²) < 4.78 is 9.70. The molecule has 0 aliphatic carbocycles. The number of methoxy groups -OCH3 is 1. The van der Waals surface area contributed by atoms with Crippen molar-refractivity contribution in [1.82, 2.24) is 0 Å². The molecule has 1 atom stereocenters. The molecule has 2 N–H and O–H groups in total. The zero-order chi connectivity index (χ0) is 10.8. The molecule has 0 spiro atoms. The maximum Gasteiger partial charge on any atom is 0.325 e. The minimum absolute atomic E-state index is 0.249. The quantitative estimate of drug-likeness (QED) is 0.473. The summed E-state index contributed by atoms with van der Waals surface area (Å²) in [5.41, 5.74) is 5.47. The van der Waals surface area contributed by atoms with Crippen molar-refractivity contribution < 1.29 is 14.3 Å². The zero-order valence-corrected chi connectivity index (χ0v) is 9.12. The summed E-state index contributed by atoms with van der Waals surface area (Å²) in [6.07, 6.45) is 4.64. The molecular formula is C10H21NO3. The molecule has 0 radical (unpaired) electrons. The Bertz CT molecular complexity index is 150. The van der Waals surface area contributed by atoms with Crippen molar-refractivity contribution in [3.05, 3.63) is 0 Å². The first-order valence-electron chi connectivity index (χ1n) is 5.13. The second kappa shape index (κ2) is 8.97. The van der Waals surface area contributed by atoms with Crippen LogP contribution in [0.4, 0.5) is 0 Å². The lowest BCUT2D eigenvalue weighted by atomic mass is 10.2. The summed E-state index contributed by atoms with van der Waals surface area (Å²) >= 11 is 0.